The van der Waals surface area contributed by atoms with Gasteiger partial charge in [-0.25, -0.2) is 16.8 Å². The molecule has 0 fully saturated rings. The molecule has 8 heteroatoms. The highest BCUT2D eigenvalue weighted by atomic mass is 32.2. The molecule has 1 atom stereocenters. The number of benzene rings is 1. The topological polar surface area (TPSA) is 97.4 Å². The lowest BCUT2D eigenvalue weighted by molar-refractivity contribution is -0.118. The van der Waals surface area contributed by atoms with Gasteiger partial charge in [-0.05, 0) is 12.1 Å². The van der Waals surface area contributed by atoms with E-state index in [1.54, 1.807) is 0 Å². The van der Waals surface area contributed by atoms with Crippen LogP contribution in [0.3, 0.4) is 0 Å². The summed E-state index contributed by atoms with van der Waals surface area (Å²) in [6, 6.07) is 3.94. The number of carbonyl (C=O) groups is 1. The first-order valence-electron chi connectivity index (χ1n) is 5.49. The molecule has 2 rings (SSSR count). The Morgan fingerprint density at radius 2 is 1.95 bits per heavy atom. The lowest BCUT2D eigenvalue weighted by atomic mass is 10.2. The van der Waals surface area contributed by atoms with Gasteiger partial charge in [-0.2, -0.15) is 0 Å². The van der Waals surface area contributed by atoms with Crippen molar-refractivity contribution in [2.75, 3.05) is 17.3 Å². The van der Waals surface area contributed by atoms with Crippen molar-refractivity contribution in [2.45, 2.75) is 16.7 Å². The van der Waals surface area contributed by atoms with E-state index >= 15 is 0 Å². The first kappa shape index (κ1) is 14.0. The van der Waals surface area contributed by atoms with Crippen molar-refractivity contribution in [3.8, 4) is 0 Å². The minimum atomic E-state index is -3.69. The fourth-order valence-corrected chi connectivity index (χ4v) is 4.61. The first-order chi connectivity index (χ1) is 8.63. The van der Waals surface area contributed by atoms with E-state index in [4.69, 9.17) is 0 Å². The van der Waals surface area contributed by atoms with Gasteiger partial charge in [-0.1, -0.05) is 13.0 Å². The van der Waals surface area contributed by atoms with Gasteiger partial charge in [0.2, 0.25) is 5.91 Å². The van der Waals surface area contributed by atoms with Crippen LogP contribution in [0.4, 0.5) is 5.69 Å². The maximum absolute atomic E-state index is 12.1. The number of hydrogen-bond donors (Lipinski definition) is 1. The number of fused-ring (bicyclic) bond motifs is 1. The number of amides is 1. The van der Waals surface area contributed by atoms with Crippen molar-refractivity contribution in [1.82, 2.24) is 0 Å². The van der Waals surface area contributed by atoms with Gasteiger partial charge in [0.05, 0.1) is 21.2 Å². The minimum absolute atomic E-state index is 0.139. The molecule has 0 spiro atoms. The number of anilines is 1. The summed E-state index contributed by atoms with van der Waals surface area (Å²) in [7, 11) is -7.32. The maximum atomic E-state index is 12.1. The molecule has 1 unspecified atom stereocenters. The van der Waals surface area contributed by atoms with E-state index in [1.165, 1.54) is 25.1 Å². The first-order valence-corrected chi connectivity index (χ1v) is 9.04. The normalized spacial score (nSPS) is 22.2. The number of carbonyl (C=O) groups excluding carboxylic acids is 1. The monoisotopic (exact) mass is 303 g/mol. The molecule has 1 heterocycles. The molecule has 1 aromatic rings. The molecule has 6 nitrogen and oxygen atoms in total. The van der Waals surface area contributed by atoms with Gasteiger partial charge in [-0.3, -0.25) is 4.79 Å². The lowest BCUT2D eigenvalue weighted by Gasteiger charge is -2.11. The van der Waals surface area contributed by atoms with Crippen molar-refractivity contribution in [1.29, 1.82) is 0 Å². The molecule has 0 saturated heterocycles. The van der Waals surface area contributed by atoms with Crippen LogP contribution in [0, 0.1) is 5.92 Å². The van der Waals surface area contributed by atoms with Crippen LogP contribution in [0.5, 0.6) is 0 Å². The number of sulfone groups is 2. The van der Waals surface area contributed by atoms with Gasteiger partial charge in [0, 0.05) is 12.2 Å². The molecule has 1 aliphatic heterocycles. The Hall–Kier alpha value is -1.41. The second-order valence-electron chi connectivity index (χ2n) is 4.57. The molecule has 1 N–H and O–H groups in total. The molecule has 1 aromatic carbocycles. The summed E-state index contributed by atoms with van der Waals surface area (Å²) < 4.78 is 47.6. The van der Waals surface area contributed by atoms with Gasteiger partial charge < -0.3 is 5.32 Å². The second kappa shape index (κ2) is 4.31. The Bertz CT molecular complexity index is 749. The van der Waals surface area contributed by atoms with Gasteiger partial charge in [0.1, 0.15) is 0 Å². The van der Waals surface area contributed by atoms with Crippen LogP contribution in [-0.2, 0) is 24.5 Å². The summed E-state index contributed by atoms with van der Waals surface area (Å²) in [6.07, 6.45) is 0.968. The number of rotatable bonds is 1. The van der Waals surface area contributed by atoms with Gasteiger partial charge in [0.25, 0.3) is 0 Å². The zero-order chi connectivity index (χ0) is 14.4. The van der Waals surface area contributed by atoms with Crippen LogP contribution in [0.1, 0.15) is 6.92 Å². The third kappa shape index (κ3) is 2.50. The fourth-order valence-electron chi connectivity index (χ4n) is 1.94. The van der Waals surface area contributed by atoms with Gasteiger partial charge >= 0.3 is 0 Å². The summed E-state index contributed by atoms with van der Waals surface area (Å²) in [5, 5.41) is 2.41. The predicted octanol–water partition coefficient (Wildman–Crippen LogP) is 0.452. The Labute approximate surface area is 111 Å². The molecule has 0 radical (unpaired) electrons. The van der Waals surface area contributed by atoms with Crippen molar-refractivity contribution in [2.24, 2.45) is 5.92 Å². The average molecular weight is 303 g/mol. The van der Waals surface area contributed by atoms with Crippen LogP contribution < -0.4 is 5.32 Å². The third-order valence-electron chi connectivity index (χ3n) is 2.89. The molecule has 0 bridgehead atoms. The quantitative estimate of drug-likeness (QED) is 0.812. The minimum Gasteiger partial charge on any atom is -0.324 e. The van der Waals surface area contributed by atoms with Gasteiger partial charge in [0.15, 0.2) is 19.7 Å². The van der Waals surface area contributed by atoms with Crippen LogP contribution in [0.15, 0.2) is 28.0 Å². The molecule has 104 valence electrons. The molecular formula is C11H13NO5S2. The summed E-state index contributed by atoms with van der Waals surface area (Å²) >= 11 is 0. The van der Waals surface area contributed by atoms with Crippen LogP contribution in [-0.4, -0.2) is 34.8 Å². The third-order valence-corrected chi connectivity index (χ3v) is 5.98. The van der Waals surface area contributed by atoms with Crippen molar-refractivity contribution >= 4 is 31.3 Å². The highest BCUT2D eigenvalue weighted by molar-refractivity contribution is 7.92. The SMILES string of the molecule is CC1CS(=O)(=O)c2cccc(S(C)(=O)=O)c2NC1=O. The molecule has 1 aliphatic rings. The van der Waals surface area contributed by atoms with Crippen LogP contribution >= 0.6 is 0 Å². The highest BCUT2D eigenvalue weighted by Gasteiger charge is 2.33. The smallest absolute Gasteiger partial charge is 0.228 e. The standard InChI is InChI=1S/C11H13NO5S2/c1-7-6-19(16,17)9-5-3-4-8(18(2,14)15)10(9)12-11(7)13/h3-5,7H,6H2,1-2H3,(H,12,13). The van der Waals surface area contributed by atoms with Gasteiger partial charge in [-0.15, -0.1) is 0 Å². The van der Waals surface area contributed by atoms with E-state index < -0.39 is 31.5 Å². The van der Waals surface area contributed by atoms with E-state index in [2.05, 4.69) is 5.32 Å². The van der Waals surface area contributed by atoms with E-state index in [-0.39, 0.29) is 21.2 Å². The average Bonchev–Trinajstić information content (AvgIpc) is 2.34. The number of nitrogens with one attached hydrogen (secondary N) is 1. The van der Waals surface area contributed by atoms with Crippen molar-refractivity contribution in [3.05, 3.63) is 18.2 Å². The second-order valence-corrected chi connectivity index (χ2v) is 8.56. The van der Waals surface area contributed by atoms with Crippen LogP contribution in [0.25, 0.3) is 0 Å². The molecular weight excluding hydrogens is 290 g/mol. The summed E-state index contributed by atoms with van der Waals surface area (Å²) in [5.74, 6) is -1.57. The summed E-state index contributed by atoms with van der Waals surface area (Å²) in [4.78, 5) is 11.4. The predicted molar refractivity (Wildman–Crippen MR) is 69.4 cm³/mol. The molecule has 1 amide bonds. The summed E-state index contributed by atoms with van der Waals surface area (Å²) in [6.45, 7) is 1.49. The number of para-hydroxylation sites is 1. The summed E-state index contributed by atoms with van der Waals surface area (Å²) in [5.41, 5.74) is -0.139. The molecule has 0 aromatic heterocycles. The fraction of sp³-hybridized carbons (Fsp3) is 0.364. The van der Waals surface area contributed by atoms with E-state index in [0.29, 0.717) is 0 Å². The Morgan fingerprint density at radius 1 is 1.32 bits per heavy atom. The zero-order valence-electron chi connectivity index (χ0n) is 10.4. The van der Waals surface area contributed by atoms with E-state index in [9.17, 15) is 21.6 Å². The highest BCUT2D eigenvalue weighted by Crippen LogP contribution is 2.33. The Balaban J connectivity index is 2.82. The molecule has 0 aliphatic carbocycles. The van der Waals surface area contributed by atoms with E-state index in [1.807, 2.05) is 0 Å². The Kier molecular flexibility index (Phi) is 3.18. The van der Waals surface area contributed by atoms with Crippen molar-refractivity contribution in [3.63, 3.8) is 0 Å². The molecule has 0 saturated carbocycles. The number of hydrogen-bond acceptors (Lipinski definition) is 5. The van der Waals surface area contributed by atoms with Crippen LogP contribution in [0.2, 0.25) is 0 Å². The maximum Gasteiger partial charge on any atom is 0.228 e. The lowest BCUT2D eigenvalue weighted by Crippen LogP contribution is -2.23. The van der Waals surface area contributed by atoms with Crippen molar-refractivity contribution < 1.29 is 21.6 Å². The Morgan fingerprint density at radius 3 is 2.53 bits per heavy atom. The largest absolute Gasteiger partial charge is 0.324 e. The molecule has 19 heavy (non-hydrogen) atoms. The van der Waals surface area contributed by atoms with E-state index in [0.717, 1.165) is 6.26 Å². The zero-order valence-corrected chi connectivity index (χ0v) is 12.0.